The third-order valence-electron chi connectivity index (χ3n) is 3.76. The normalized spacial score (nSPS) is 23.3. The summed E-state index contributed by atoms with van der Waals surface area (Å²) < 4.78 is 5.75. The maximum atomic E-state index is 9.80. The van der Waals surface area contributed by atoms with Gasteiger partial charge in [-0.1, -0.05) is 0 Å². The summed E-state index contributed by atoms with van der Waals surface area (Å²) in [5.41, 5.74) is 0.900. The molecule has 1 aromatic carbocycles. The lowest BCUT2D eigenvalue weighted by atomic mass is 10.00. The molecule has 1 saturated heterocycles. The van der Waals surface area contributed by atoms with Gasteiger partial charge < -0.3 is 9.84 Å². The third-order valence-corrected chi connectivity index (χ3v) is 4.36. The zero-order valence-electron chi connectivity index (χ0n) is 12.1. The number of piperidine rings is 1. The standard InChI is InChI=1S/C15H21BrN2O2/c1-10-5-4-6-11(2)18(10)17-9-12-7-13(16)15(19)14(8-12)20-3/h7-11,19H,4-6H2,1-3H3/b17-9+/t10-,11+. The first-order valence-electron chi connectivity index (χ1n) is 6.91. The molecule has 4 nitrogen and oxygen atoms in total. The van der Waals surface area contributed by atoms with E-state index in [0.29, 0.717) is 22.3 Å². The SMILES string of the molecule is COc1cc(/C=N/N2[C@H](C)CCC[C@@H]2C)cc(Br)c1O. The molecular formula is C15H21BrN2O2. The van der Waals surface area contributed by atoms with E-state index in [0.717, 1.165) is 5.56 Å². The third kappa shape index (κ3) is 3.26. The zero-order chi connectivity index (χ0) is 14.7. The second-order valence-electron chi connectivity index (χ2n) is 5.31. The van der Waals surface area contributed by atoms with E-state index in [2.05, 4.69) is 39.9 Å². The van der Waals surface area contributed by atoms with Crippen LogP contribution in [0.4, 0.5) is 0 Å². The molecule has 2 rings (SSSR count). The summed E-state index contributed by atoms with van der Waals surface area (Å²) in [6, 6.07) is 4.55. The lowest BCUT2D eigenvalue weighted by Crippen LogP contribution is -2.39. The highest BCUT2D eigenvalue weighted by Crippen LogP contribution is 2.34. The predicted octanol–water partition coefficient (Wildman–Crippen LogP) is 3.76. The van der Waals surface area contributed by atoms with Crippen LogP contribution in [0.5, 0.6) is 11.5 Å². The van der Waals surface area contributed by atoms with Crippen LogP contribution in [0.2, 0.25) is 0 Å². The molecule has 0 aromatic heterocycles. The van der Waals surface area contributed by atoms with Crippen LogP contribution in [0.15, 0.2) is 21.7 Å². The van der Waals surface area contributed by atoms with Gasteiger partial charge in [-0.25, -0.2) is 0 Å². The predicted molar refractivity (Wildman–Crippen MR) is 84.6 cm³/mol. The number of ether oxygens (including phenoxy) is 1. The van der Waals surface area contributed by atoms with Gasteiger partial charge >= 0.3 is 0 Å². The van der Waals surface area contributed by atoms with Gasteiger partial charge in [0.05, 0.1) is 17.8 Å². The Balaban J connectivity index is 2.20. The van der Waals surface area contributed by atoms with Crippen molar-refractivity contribution in [2.45, 2.75) is 45.2 Å². The Morgan fingerprint density at radius 1 is 1.35 bits per heavy atom. The first-order valence-corrected chi connectivity index (χ1v) is 7.71. The maximum absolute atomic E-state index is 9.80. The first kappa shape index (κ1) is 15.2. The summed E-state index contributed by atoms with van der Waals surface area (Å²) in [5.74, 6) is 0.560. The van der Waals surface area contributed by atoms with Crippen molar-refractivity contribution in [2.75, 3.05) is 7.11 Å². The average Bonchev–Trinajstić information content (AvgIpc) is 2.42. The van der Waals surface area contributed by atoms with E-state index in [-0.39, 0.29) is 5.75 Å². The maximum Gasteiger partial charge on any atom is 0.172 e. The van der Waals surface area contributed by atoms with E-state index in [4.69, 9.17) is 4.74 Å². The van der Waals surface area contributed by atoms with Crippen molar-refractivity contribution < 1.29 is 9.84 Å². The van der Waals surface area contributed by atoms with Crippen molar-refractivity contribution in [3.63, 3.8) is 0 Å². The van der Waals surface area contributed by atoms with E-state index in [1.54, 1.807) is 6.07 Å². The first-order chi connectivity index (χ1) is 9.52. The Bertz CT molecular complexity index is 495. The van der Waals surface area contributed by atoms with Gasteiger partial charge in [-0.3, -0.25) is 5.01 Å². The zero-order valence-corrected chi connectivity index (χ0v) is 13.7. The molecule has 0 saturated carbocycles. The number of hydrogen-bond donors (Lipinski definition) is 1. The molecule has 5 heteroatoms. The number of phenolic OH excluding ortho intramolecular Hbond substituents is 1. The highest BCUT2D eigenvalue weighted by Gasteiger charge is 2.22. The van der Waals surface area contributed by atoms with Gasteiger partial charge in [0.15, 0.2) is 11.5 Å². The van der Waals surface area contributed by atoms with E-state index in [1.807, 2.05) is 12.3 Å². The molecule has 1 N–H and O–H groups in total. The summed E-state index contributed by atoms with van der Waals surface area (Å²) in [5, 5.41) is 16.6. The van der Waals surface area contributed by atoms with Crippen LogP contribution in [0.3, 0.4) is 0 Å². The van der Waals surface area contributed by atoms with Gasteiger partial charge in [-0.15, -0.1) is 0 Å². The number of hydrazone groups is 1. The summed E-state index contributed by atoms with van der Waals surface area (Å²) in [7, 11) is 1.54. The summed E-state index contributed by atoms with van der Waals surface area (Å²) in [6.45, 7) is 4.42. The Morgan fingerprint density at radius 3 is 2.60 bits per heavy atom. The number of methoxy groups -OCH3 is 1. The second kappa shape index (κ2) is 6.48. The van der Waals surface area contributed by atoms with Crippen molar-refractivity contribution in [2.24, 2.45) is 5.10 Å². The van der Waals surface area contributed by atoms with Gasteiger partial charge in [0.2, 0.25) is 0 Å². The molecule has 0 aliphatic carbocycles. The Kier molecular flexibility index (Phi) is 4.91. The summed E-state index contributed by atoms with van der Waals surface area (Å²) >= 11 is 3.32. The van der Waals surface area contributed by atoms with E-state index in [9.17, 15) is 5.11 Å². The molecular weight excluding hydrogens is 320 g/mol. The fraction of sp³-hybridized carbons (Fsp3) is 0.533. The minimum Gasteiger partial charge on any atom is -0.503 e. The minimum atomic E-state index is 0.115. The quantitative estimate of drug-likeness (QED) is 0.852. The van der Waals surface area contributed by atoms with E-state index in [1.165, 1.54) is 26.4 Å². The average molecular weight is 341 g/mol. The number of hydrogen-bond acceptors (Lipinski definition) is 4. The van der Waals surface area contributed by atoms with Gasteiger partial charge in [-0.2, -0.15) is 5.10 Å². The van der Waals surface area contributed by atoms with Crippen LogP contribution < -0.4 is 4.74 Å². The van der Waals surface area contributed by atoms with Crippen LogP contribution in [-0.2, 0) is 0 Å². The van der Waals surface area contributed by atoms with Crippen molar-refractivity contribution in [1.82, 2.24) is 5.01 Å². The molecule has 110 valence electrons. The Morgan fingerprint density at radius 2 is 2.00 bits per heavy atom. The highest BCUT2D eigenvalue weighted by atomic mass is 79.9. The fourth-order valence-corrected chi connectivity index (χ4v) is 3.05. The smallest absolute Gasteiger partial charge is 0.172 e. The lowest BCUT2D eigenvalue weighted by Gasteiger charge is -2.36. The molecule has 1 aliphatic heterocycles. The highest BCUT2D eigenvalue weighted by molar-refractivity contribution is 9.10. The topological polar surface area (TPSA) is 45.1 Å². The van der Waals surface area contributed by atoms with Crippen molar-refractivity contribution >= 4 is 22.1 Å². The molecule has 2 atom stereocenters. The minimum absolute atomic E-state index is 0.115. The molecule has 20 heavy (non-hydrogen) atoms. The van der Waals surface area contributed by atoms with Crippen LogP contribution in [0, 0.1) is 0 Å². The van der Waals surface area contributed by atoms with Crippen LogP contribution in [0.1, 0.15) is 38.7 Å². The van der Waals surface area contributed by atoms with Crippen molar-refractivity contribution in [3.05, 3.63) is 22.2 Å². The van der Waals surface area contributed by atoms with Gasteiger partial charge in [0, 0.05) is 12.1 Å². The molecule has 0 unspecified atom stereocenters. The molecule has 1 aromatic rings. The second-order valence-corrected chi connectivity index (χ2v) is 6.16. The monoisotopic (exact) mass is 340 g/mol. The van der Waals surface area contributed by atoms with Crippen LogP contribution in [-0.4, -0.2) is 35.5 Å². The summed E-state index contributed by atoms with van der Waals surface area (Å²) in [4.78, 5) is 0. The van der Waals surface area contributed by atoms with Gasteiger partial charge in [0.1, 0.15) is 0 Å². The molecule has 1 heterocycles. The summed E-state index contributed by atoms with van der Waals surface area (Å²) in [6.07, 6.45) is 5.46. The van der Waals surface area contributed by atoms with Crippen LogP contribution in [0.25, 0.3) is 0 Å². The van der Waals surface area contributed by atoms with Crippen molar-refractivity contribution in [3.8, 4) is 11.5 Å². The number of rotatable bonds is 3. The number of phenols is 1. The fourth-order valence-electron chi connectivity index (χ4n) is 2.59. The van der Waals surface area contributed by atoms with Gasteiger partial charge in [-0.05, 0) is 66.7 Å². The number of benzene rings is 1. The van der Waals surface area contributed by atoms with Gasteiger partial charge in [0.25, 0.3) is 0 Å². The van der Waals surface area contributed by atoms with Crippen molar-refractivity contribution in [1.29, 1.82) is 0 Å². The molecule has 0 amide bonds. The molecule has 1 fully saturated rings. The van der Waals surface area contributed by atoms with E-state index >= 15 is 0 Å². The molecule has 1 aliphatic rings. The van der Waals surface area contributed by atoms with Crippen LogP contribution >= 0.6 is 15.9 Å². The molecule has 0 spiro atoms. The molecule has 0 bridgehead atoms. The number of halogens is 1. The lowest BCUT2D eigenvalue weighted by molar-refractivity contribution is 0.109. The number of aromatic hydroxyl groups is 1. The molecule has 0 radical (unpaired) electrons. The Hall–Kier alpha value is -1.23. The Labute approximate surface area is 128 Å². The largest absolute Gasteiger partial charge is 0.503 e. The van der Waals surface area contributed by atoms with E-state index < -0.39 is 0 Å². The number of nitrogens with zero attached hydrogens (tertiary/aromatic N) is 2.